The van der Waals surface area contributed by atoms with Crippen molar-refractivity contribution in [3.05, 3.63) is 278 Å². The monoisotopic (exact) mass is 926 g/mol. The lowest BCUT2D eigenvalue weighted by Crippen LogP contribution is -2.14. The molecule has 13 rings (SSSR count). The molecule has 0 saturated carbocycles. The van der Waals surface area contributed by atoms with E-state index in [0.29, 0.717) is 5.69 Å². The lowest BCUT2D eigenvalue weighted by atomic mass is 9.89. The van der Waals surface area contributed by atoms with Gasteiger partial charge in [-0.2, -0.15) is 0 Å². The van der Waals surface area contributed by atoms with E-state index in [2.05, 4.69) is 217 Å². The molecule has 11 aromatic carbocycles. The summed E-state index contributed by atoms with van der Waals surface area (Å²) in [5, 5.41) is 6.50. The number of hydrogen-bond acceptors (Lipinski definition) is 3. The number of para-hydroxylation sites is 3. The molecule has 3 nitrogen and oxygen atoms in total. The van der Waals surface area contributed by atoms with Crippen molar-refractivity contribution in [1.29, 1.82) is 0 Å². The highest BCUT2D eigenvalue weighted by Gasteiger charge is 2.26. The van der Waals surface area contributed by atoms with Crippen molar-refractivity contribution in [2.45, 2.75) is 12.3 Å². The third-order valence-corrected chi connectivity index (χ3v) is 14.2. The molecule has 1 aliphatic rings. The minimum absolute atomic E-state index is 0.0874. The van der Waals surface area contributed by atoms with Gasteiger partial charge in [0.05, 0.1) is 17.1 Å². The Morgan fingerprint density at radius 3 is 1.69 bits per heavy atom. The summed E-state index contributed by atoms with van der Waals surface area (Å²) in [4.78, 5) is 4.38. The molecule has 0 amide bonds. The molecule has 4 heteroatoms. The maximum Gasteiger partial charge on any atom is 0.148 e. The molecule has 1 aliphatic carbocycles. The number of allylic oxidation sites excluding steroid dienone is 4. The standard InChI is InChI=1S/C68H47FN2O/c69-63-44-51(46-20-6-1-7-21-46)43-61(49-24-10-3-11-25-49)67(63)71(53-28-14-5-15-29-53)55-39-41-60-65(45-55)72-68-59-40-36-50(42-62(59)57-31-16-17-32-58(57)66(60)68)47-34-37-54(38-35-47)70(52-26-12-4-13-27-52)64-33-19-18-30-56(64)48-22-8-2-9-23-48/h1-20,22-46H,21H2. The van der Waals surface area contributed by atoms with Crippen molar-refractivity contribution in [1.82, 2.24) is 0 Å². The summed E-state index contributed by atoms with van der Waals surface area (Å²) in [5.74, 6) is -0.198. The van der Waals surface area contributed by atoms with E-state index in [4.69, 9.17) is 4.42 Å². The van der Waals surface area contributed by atoms with E-state index in [1.165, 1.54) is 5.56 Å². The Balaban J connectivity index is 0.927. The maximum absolute atomic E-state index is 17.3. The zero-order valence-electron chi connectivity index (χ0n) is 39.4. The average molecular weight is 927 g/mol. The summed E-state index contributed by atoms with van der Waals surface area (Å²) in [5.41, 5.74) is 14.2. The van der Waals surface area contributed by atoms with Crippen LogP contribution in [-0.4, -0.2) is 0 Å². The summed E-state index contributed by atoms with van der Waals surface area (Å²) in [7, 11) is 0. The fourth-order valence-corrected chi connectivity index (χ4v) is 10.8. The van der Waals surface area contributed by atoms with Crippen LogP contribution in [0.4, 0.5) is 38.5 Å². The molecular formula is C68H47FN2O. The van der Waals surface area contributed by atoms with E-state index in [9.17, 15) is 0 Å². The van der Waals surface area contributed by atoms with Crippen LogP contribution in [0.3, 0.4) is 0 Å². The predicted octanol–water partition coefficient (Wildman–Crippen LogP) is 19.6. The largest absolute Gasteiger partial charge is 0.455 e. The van der Waals surface area contributed by atoms with Crippen LogP contribution in [0.2, 0.25) is 0 Å². The Bertz CT molecular complexity index is 4010. The van der Waals surface area contributed by atoms with E-state index < -0.39 is 0 Å². The van der Waals surface area contributed by atoms with Crippen LogP contribution < -0.4 is 9.80 Å². The van der Waals surface area contributed by atoms with Gasteiger partial charge < -0.3 is 14.2 Å². The molecule has 12 aromatic rings. The lowest BCUT2D eigenvalue weighted by molar-refractivity contribution is 0.625. The van der Waals surface area contributed by atoms with Gasteiger partial charge in [0.2, 0.25) is 0 Å². The molecule has 0 fully saturated rings. The number of nitrogens with zero attached hydrogens (tertiary/aromatic N) is 2. The second-order valence-electron chi connectivity index (χ2n) is 18.5. The average Bonchev–Trinajstić information content (AvgIpc) is 3.85. The topological polar surface area (TPSA) is 19.6 Å². The minimum Gasteiger partial charge on any atom is -0.455 e. The second-order valence-corrected chi connectivity index (χ2v) is 18.5. The van der Waals surface area contributed by atoms with Crippen molar-refractivity contribution < 1.29 is 8.81 Å². The number of benzene rings is 11. The third-order valence-electron chi connectivity index (χ3n) is 14.2. The summed E-state index contributed by atoms with van der Waals surface area (Å²) in [6, 6.07) is 84.5. The van der Waals surface area contributed by atoms with E-state index in [0.717, 1.165) is 112 Å². The molecule has 0 bridgehead atoms. The van der Waals surface area contributed by atoms with Gasteiger partial charge in [0.1, 0.15) is 17.0 Å². The summed E-state index contributed by atoms with van der Waals surface area (Å²) in [6.07, 6.45) is 9.24. The number of halogens is 1. The van der Waals surface area contributed by atoms with Gasteiger partial charge >= 0.3 is 0 Å². The van der Waals surface area contributed by atoms with Gasteiger partial charge in [0.15, 0.2) is 0 Å². The van der Waals surface area contributed by atoms with Gasteiger partial charge in [-0.3, -0.25) is 0 Å². The molecular weight excluding hydrogens is 880 g/mol. The Labute approximate surface area is 418 Å². The summed E-state index contributed by atoms with van der Waals surface area (Å²) >= 11 is 0. The van der Waals surface area contributed by atoms with Crippen molar-refractivity contribution in [3.63, 3.8) is 0 Å². The molecule has 0 spiro atoms. The fraction of sp³-hybridized carbons (Fsp3) is 0.0294. The molecule has 1 aromatic heterocycles. The van der Waals surface area contributed by atoms with Gasteiger partial charge in [-0.1, -0.05) is 182 Å². The Morgan fingerprint density at radius 2 is 0.986 bits per heavy atom. The van der Waals surface area contributed by atoms with Gasteiger partial charge in [-0.15, -0.1) is 0 Å². The van der Waals surface area contributed by atoms with Gasteiger partial charge in [-0.05, 0) is 129 Å². The fourth-order valence-electron chi connectivity index (χ4n) is 10.8. The summed E-state index contributed by atoms with van der Waals surface area (Å²) in [6.45, 7) is 0. The number of rotatable bonds is 10. The zero-order chi connectivity index (χ0) is 48.0. The lowest BCUT2D eigenvalue weighted by Gasteiger charge is -2.29. The Morgan fingerprint density at radius 1 is 0.403 bits per heavy atom. The normalized spacial score (nSPS) is 13.3. The first-order valence-electron chi connectivity index (χ1n) is 24.6. The highest BCUT2D eigenvalue weighted by molar-refractivity contribution is 6.30. The molecule has 72 heavy (non-hydrogen) atoms. The summed E-state index contributed by atoms with van der Waals surface area (Å²) < 4.78 is 24.4. The van der Waals surface area contributed by atoms with E-state index in [1.54, 1.807) is 6.07 Å². The van der Waals surface area contributed by atoms with Crippen LogP contribution in [0, 0.1) is 5.82 Å². The minimum atomic E-state index is -0.285. The van der Waals surface area contributed by atoms with Gasteiger partial charge in [0, 0.05) is 56.3 Å². The van der Waals surface area contributed by atoms with Crippen LogP contribution in [0.25, 0.3) is 76.9 Å². The first kappa shape index (κ1) is 42.8. The molecule has 0 saturated heterocycles. The van der Waals surface area contributed by atoms with Crippen LogP contribution >= 0.6 is 0 Å². The highest BCUT2D eigenvalue weighted by atomic mass is 19.1. The first-order chi connectivity index (χ1) is 35.6. The molecule has 0 N–H and O–H groups in total. The molecule has 1 atom stereocenters. The van der Waals surface area contributed by atoms with Crippen molar-refractivity contribution in [2.75, 3.05) is 9.80 Å². The molecule has 342 valence electrons. The van der Waals surface area contributed by atoms with Gasteiger partial charge in [0.25, 0.3) is 0 Å². The predicted molar refractivity (Wildman–Crippen MR) is 300 cm³/mol. The van der Waals surface area contributed by atoms with Crippen LogP contribution in [0.15, 0.2) is 271 Å². The smallest absolute Gasteiger partial charge is 0.148 e. The number of fused-ring (bicyclic) bond motifs is 8. The first-order valence-corrected chi connectivity index (χ1v) is 24.6. The maximum atomic E-state index is 17.3. The SMILES string of the molecule is Fc1cc(C2C=CC=CC2)cc(-c2ccccc2)c1N(c1ccccc1)c1ccc2c(c1)oc1c3ccc(-c4ccc(N(c5ccccc5)c5ccccc5-c5ccccc5)cc4)cc3c3ccccc3c21. The van der Waals surface area contributed by atoms with Crippen molar-refractivity contribution in [3.8, 4) is 33.4 Å². The number of hydrogen-bond donors (Lipinski definition) is 0. The number of furan rings is 1. The highest BCUT2D eigenvalue weighted by Crippen LogP contribution is 2.48. The number of anilines is 6. The molecule has 0 aliphatic heterocycles. The van der Waals surface area contributed by atoms with Crippen molar-refractivity contribution >= 4 is 77.6 Å². The quantitative estimate of drug-likeness (QED) is 0.127. The van der Waals surface area contributed by atoms with Crippen LogP contribution in [0.1, 0.15) is 17.9 Å². The van der Waals surface area contributed by atoms with E-state index >= 15 is 4.39 Å². The Kier molecular flexibility index (Phi) is 10.9. The third kappa shape index (κ3) is 7.62. The Hall–Kier alpha value is -9.25. The van der Waals surface area contributed by atoms with Gasteiger partial charge in [-0.25, -0.2) is 4.39 Å². The van der Waals surface area contributed by atoms with E-state index in [1.807, 2.05) is 53.4 Å². The molecule has 0 radical (unpaired) electrons. The second kappa shape index (κ2) is 18.2. The molecule has 1 heterocycles. The zero-order valence-corrected chi connectivity index (χ0v) is 39.4. The molecule has 1 unspecified atom stereocenters. The van der Waals surface area contributed by atoms with Crippen LogP contribution in [0.5, 0.6) is 0 Å². The van der Waals surface area contributed by atoms with Crippen LogP contribution in [-0.2, 0) is 0 Å². The van der Waals surface area contributed by atoms with Crippen molar-refractivity contribution in [2.24, 2.45) is 0 Å². The van der Waals surface area contributed by atoms with E-state index in [-0.39, 0.29) is 11.7 Å².